The van der Waals surface area contributed by atoms with E-state index in [2.05, 4.69) is 0 Å². The van der Waals surface area contributed by atoms with Gasteiger partial charge in [-0.05, 0) is 0 Å². The molecule has 0 aliphatic rings. The van der Waals surface area contributed by atoms with Crippen LogP contribution < -0.4 is 60.3 Å². The van der Waals surface area contributed by atoms with Crippen molar-refractivity contribution in [2.24, 2.45) is 0 Å². The molecule has 0 saturated carbocycles. The Morgan fingerprint density at radius 1 is 0.250 bits per heavy atom. The first-order valence-electron chi connectivity index (χ1n) is 2.83. The molecule has 0 unspecified atom stereocenters. The molecule has 0 aliphatic carbocycles. The smallest absolute Gasteiger partial charge is 0 e. The van der Waals surface area contributed by atoms with E-state index >= 15 is 0 Å². The molecular weight excluding hydrogens is 815 g/mol. The summed E-state index contributed by atoms with van der Waals surface area (Å²) in [4.78, 5) is 0. The third-order valence-corrected chi connectivity index (χ3v) is 0. The van der Waals surface area contributed by atoms with Gasteiger partial charge in [0, 0.05) is 162 Å². The van der Waals surface area contributed by atoms with Crippen LogP contribution in [0.25, 0.3) is 0 Å². The van der Waals surface area contributed by atoms with Gasteiger partial charge in [-0.15, -0.1) is 0 Å². The first-order valence-corrected chi connectivity index (χ1v) is 2.83. The van der Waals surface area contributed by atoms with Crippen LogP contribution >= 0.6 is 0 Å². The molecule has 0 saturated heterocycles. The van der Waals surface area contributed by atoms with Crippen molar-refractivity contribution < 1.29 is 222 Å². The Kier molecular flexibility index (Phi) is 110. The minimum atomic E-state index is -2.92. The number of hydrogen-bond donors (Lipinski definition) is 0. The van der Waals surface area contributed by atoms with E-state index in [4.69, 9.17) is 60.3 Å². The van der Waals surface area contributed by atoms with Crippen molar-refractivity contribution >= 4 is 29.3 Å². The summed E-state index contributed by atoms with van der Waals surface area (Å²) >= 11 is 0. The van der Waals surface area contributed by atoms with Crippen LogP contribution in [0, 0.1) is 162 Å². The number of hydrogen-bond acceptors (Lipinski definition) is 12. The monoisotopic (exact) mass is 816 g/mol. The van der Waals surface area contributed by atoms with E-state index in [0.717, 1.165) is 0 Å². The van der Waals surface area contributed by atoms with E-state index < -0.39 is 29.3 Å². The minimum absolute atomic E-state index is 0. The Morgan fingerprint density at radius 2 is 0.250 bits per heavy atom. The van der Waals surface area contributed by atoms with Crippen LogP contribution in [0.1, 0.15) is 0 Å². The summed E-state index contributed by atoms with van der Waals surface area (Å²) in [5.74, 6) is 0. The molecule has 0 fully saturated rings. The van der Waals surface area contributed by atoms with Gasteiger partial charge in [-0.25, -0.2) is 0 Å². The SMILES string of the molecule is [O-]B([O-])[O-].[O-]B([O-])[O-].[O-]B([O-])[O-].[O-]B([O-])[O-].[Pm].[Pm].[Pm].[Pm]. The molecule has 0 aromatic heterocycles. The van der Waals surface area contributed by atoms with Crippen LogP contribution in [0.2, 0.25) is 0 Å². The first kappa shape index (κ1) is 49.9. The molecule has 20 heavy (non-hydrogen) atoms. The van der Waals surface area contributed by atoms with E-state index in [0.29, 0.717) is 0 Å². The van der Waals surface area contributed by atoms with Crippen molar-refractivity contribution in [3.05, 3.63) is 0 Å². The van der Waals surface area contributed by atoms with Crippen molar-refractivity contribution in [3.8, 4) is 0 Å². The molecule has 116 valence electrons. The summed E-state index contributed by atoms with van der Waals surface area (Å²) in [5, 5.41) is 101. The van der Waals surface area contributed by atoms with Gasteiger partial charge in [-0.1, -0.05) is 0 Å². The van der Waals surface area contributed by atoms with Crippen LogP contribution in [-0.4, -0.2) is 29.3 Å². The Labute approximate surface area is 245 Å². The Bertz CT molecular complexity index is 70.4. The van der Waals surface area contributed by atoms with Crippen LogP contribution in [0.4, 0.5) is 0 Å². The van der Waals surface area contributed by atoms with E-state index in [9.17, 15) is 0 Å². The molecule has 0 atom stereocenters. The maximum Gasteiger partial charge on any atom is 0 e. The fourth-order valence-corrected chi connectivity index (χ4v) is 0. The Morgan fingerprint density at radius 3 is 0.250 bits per heavy atom. The van der Waals surface area contributed by atoms with Crippen molar-refractivity contribution in [2.75, 3.05) is 0 Å². The van der Waals surface area contributed by atoms with Gasteiger partial charge in [0.1, 0.15) is 0 Å². The Hall–Kier alpha value is 5.13. The zero-order valence-electron chi connectivity index (χ0n) is 9.00. The van der Waals surface area contributed by atoms with E-state index in [1.54, 1.807) is 0 Å². The molecule has 0 aliphatic heterocycles. The predicted octanol–water partition coefficient (Wildman–Crippen LogP) is -15.8. The fourth-order valence-electron chi connectivity index (χ4n) is 0. The second-order valence-corrected chi connectivity index (χ2v) is 1.15. The third-order valence-electron chi connectivity index (χ3n) is 0. The van der Waals surface area contributed by atoms with Gasteiger partial charge in [0.05, 0.1) is 0 Å². The van der Waals surface area contributed by atoms with Gasteiger partial charge in [0.15, 0.2) is 0 Å². The van der Waals surface area contributed by atoms with Crippen molar-refractivity contribution in [1.82, 2.24) is 0 Å². The third kappa shape index (κ3) is 430. The average Bonchev–Trinajstić information content (AvgIpc) is 1.76. The summed E-state index contributed by atoms with van der Waals surface area (Å²) in [6, 6.07) is 0. The molecule has 0 aromatic rings. The van der Waals surface area contributed by atoms with Crippen molar-refractivity contribution in [3.63, 3.8) is 0 Å². The first-order chi connectivity index (χ1) is 6.93. The summed E-state index contributed by atoms with van der Waals surface area (Å²) in [7, 11) is -11.7. The standard InChI is InChI=1S/4BO3.4Pm/c4*2-1(3)4;;;;/q4*-3;;;;. The summed E-state index contributed by atoms with van der Waals surface area (Å²) in [6.07, 6.45) is 0. The summed E-state index contributed by atoms with van der Waals surface area (Å²) < 4.78 is 0. The maximum absolute atomic E-state index is 8.42. The molecule has 0 aromatic carbocycles. The Balaban J connectivity index is -0.0000000150. The second-order valence-electron chi connectivity index (χ2n) is 1.15. The van der Waals surface area contributed by atoms with Crippen molar-refractivity contribution in [2.45, 2.75) is 0 Å². The maximum atomic E-state index is 8.42. The zero-order valence-corrected chi connectivity index (χ0v) is 20.5. The number of rotatable bonds is 0. The van der Waals surface area contributed by atoms with Gasteiger partial charge in [-0.3, -0.25) is 29.3 Å². The molecule has 4 radical (unpaired) electrons. The van der Waals surface area contributed by atoms with Crippen LogP contribution in [-0.2, 0) is 0 Å². The van der Waals surface area contributed by atoms with Crippen LogP contribution in [0.15, 0.2) is 0 Å². The van der Waals surface area contributed by atoms with Crippen LogP contribution in [0.3, 0.4) is 0 Å². The van der Waals surface area contributed by atoms with Crippen molar-refractivity contribution in [1.29, 1.82) is 0 Å². The molecule has 0 heterocycles. The summed E-state index contributed by atoms with van der Waals surface area (Å²) in [5.41, 5.74) is 0. The molecule has 0 N–H and O–H groups in total. The summed E-state index contributed by atoms with van der Waals surface area (Å²) in [6.45, 7) is 0. The average molecular weight is 815 g/mol. The molecular formula is B4O12Pm4-12. The van der Waals surface area contributed by atoms with Gasteiger partial charge in [0.2, 0.25) is 0 Å². The van der Waals surface area contributed by atoms with Gasteiger partial charge >= 0.3 is 0 Å². The van der Waals surface area contributed by atoms with Gasteiger partial charge in [0.25, 0.3) is 0 Å². The van der Waals surface area contributed by atoms with E-state index in [1.807, 2.05) is 0 Å². The molecule has 12 nitrogen and oxygen atoms in total. The predicted molar refractivity (Wildman–Crippen MR) is 23.0 cm³/mol. The fraction of sp³-hybridized carbons (Fsp3) is 0. The van der Waals surface area contributed by atoms with E-state index in [-0.39, 0.29) is 162 Å². The quantitative estimate of drug-likeness (QED) is 0.206. The molecule has 0 rings (SSSR count). The topological polar surface area (TPSA) is 277 Å². The largest absolute Gasteiger partial charge is 0.907 e. The van der Waals surface area contributed by atoms with Crippen LogP contribution in [0.5, 0.6) is 0 Å². The zero-order chi connectivity index (χ0) is 14.3. The second kappa shape index (κ2) is 44.0. The normalized spacial score (nSPS) is 5.40. The van der Waals surface area contributed by atoms with Gasteiger partial charge in [-0.2, -0.15) is 0 Å². The van der Waals surface area contributed by atoms with Gasteiger partial charge < -0.3 is 60.3 Å². The van der Waals surface area contributed by atoms with E-state index in [1.165, 1.54) is 0 Å². The minimum Gasteiger partial charge on any atom is -0.907 e. The molecule has 0 amide bonds. The molecule has 20 heteroatoms. The molecule has 0 spiro atoms. The molecule has 0 bridgehead atoms.